The van der Waals surface area contributed by atoms with Gasteiger partial charge in [0.15, 0.2) is 5.69 Å². The maximum absolute atomic E-state index is 13.1. The van der Waals surface area contributed by atoms with Crippen molar-refractivity contribution in [2.24, 2.45) is 4.99 Å². The third-order valence-electron chi connectivity index (χ3n) is 6.44. The van der Waals surface area contributed by atoms with Crippen LogP contribution in [0.25, 0.3) is 16.5 Å². The maximum atomic E-state index is 13.1. The highest BCUT2D eigenvalue weighted by atomic mass is 16.5. The van der Waals surface area contributed by atoms with Crippen molar-refractivity contribution < 1.29 is 14.3 Å². The highest BCUT2D eigenvalue weighted by Crippen LogP contribution is 2.24. The molecule has 2 aromatic heterocycles. The van der Waals surface area contributed by atoms with Crippen LogP contribution in [0.15, 0.2) is 59.5 Å². The number of pyridine rings is 1. The molecule has 39 heavy (non-hydrogen) atoms. The van der Waals surface area contributed by atoms with Gasteiger partial charge in [-0.15, -0.1) is 0 Å². The van der Waals surface area contributed by atoms with Gasteiger partial charge in [-0.05, 0) is 68.9 Å². The Labute approximate surface area is 227 Å². The smallest absolute Gasteiger partial charge is 0.321 e. The summed E-state index contributed by atoms with van der Waals surface area (Å²) < 4.78 is 5.99. The Hall–Kier alpha value is -4.51. The first-order valence-electron chi connectivity index (χ1n) is 12.7. The van der Waals surface area contributed by atoms with Crippen LogP contribution < -0.4 is 15.4 Å². The predicted molar refractivity (Wildman–Crippen MR) is 153 cm³/mol. The number of carbonyl (C=O) groups is 2. The Morgan fingerprint density at radius 3 is 2.67 bits per heavy atom. The molecule has 11 nitrogen and oxygen atoms in total. The van der Waals surface area contributed by atoms with E-state index in [0.717, 1.165) is 42.6 Å². The van der Waals surface area contributed by atoms with Crippen LogP contribution in [0.4, 0.5) is 10.5 Å². The van der Waals surface area contributed by atoms with E-state index in [1.54, 1.807) is 38.5 Å². The molecule has 1 aliphatic heterocycles. The molecule has 4 rings (SSSR count). The molecule has 0 aliphatic carbocycles. The second-order valence-electron chi connectivity index (χ2n) is 9.71. The quantitative estimate of drug-likeness (QED) is 0.299. The van der Waals surface area contributed by atoms with Gasteiger partial charge in [-0.2, -0.15) is 5.10 Å². The number of ether oxygens (including phenoxy) is 1. The van der Waals surface area contributed by atoms with E-state index in [9.17, 15) is 9.59 Å². The first kappa shape index (κ1) is 27.5. The molecular formula is C28H34N8O3. The summed E-state index contributed by atoms with van der Waals surface area (Å²) in [4.78, 5) is 37.0. The topological polar surface area (TPSA) is 128 Å². The number of aliphatic imine (C=N–C) groups is 1. The zero-order valence-corrected chi connectivity index (χ0v) is 22.7. The fourth-order valence-corrected chi connectivity index (χ4v) is 4.18. The number of urea groups is 1. The van der Waals surface area contributed by atoms with Gasteiger partial charge in [0.1, 0.15) is 6.10 Å². The van der Waals surface area contributed by atoms with Crippen LogP contribution in [0.1, 0.15) is 35.8 Å². The number of benzene rings is 1. The van der Waals surface area contributed by atoms with Gasteiger partial charge in [-0.3, -0.25) is 14.9 Å². The number of fused-ring (bicyclic) bond motifs is 1. The van der Waals surface area contributed by atoms with Crippen molar-refractivity contribution >= 4 is 40.8 Å². The normalized spacial score (nSPS) is 15.2. The Balaban J connectivity index is 1.47. The molecule has 0 spiro atoms. The van der Waals surface area contributed by atoms with Crippen LogP contribution in [0.5, 0.6) is 5.88 Å². The van der Waals surface area contributed by atoms with Crippen LogP contribution in [0.3, 0.4) is 0 Å². The molecule has 204 valence electrons. The number of likely N-dealkylation sites (tertiary alicyclic amines) is 1. The number of hydrogen-bond donors (Lipinski definition) is 3. The lowest BCUT2D eigenvalue weighted by molar-refractivity contribution is 0.102. The van der Waals surface area contributed by atoms with Crippen molar-refractivity contribution in [3.8, 4) is 5.88 Å². The molecule has 0 bridgehead atoms. The monoisotopic (exact) mass is 530 g/mol. The average Bonchev–Trinajstić information content (AvgIpc) is 3.34. The molecule has 11 heteroatoms. The lowest BCUT2D eigenvalue weighted by Crippen LogP contribution is -2.35. The Kier molecular flexibility index (Phi) is 8.72. The Bertz CT molecular complexity index is 1400. The fourth-order valence-electron chi connectivity index (χ4n) is 4.18. The molecule has 1 aliphatic rings. The number of anilines is 1. The second kappa shape index (κ2) is 12.4. The lowest BCUT2D eigenvalue weighted by Gasteiger charge is -2.28. The number of nitrogens with one attached hydrogen (secondary N) is 3. The molecular weight excluding hydrogens is 496 g/mol. The van der Waals surface area contributed by atoms with Gasteiger partial charge in [0.25, 0.3) is 5.91 Å². The largest absolute Gasteiger partial charge is 0.474 e. The minimum Gasteiger partial charge on any atom is -0.474 e. The number of nitrogens with zero attached hydrogens (tertiary/aromatic N) is 5. The van der Waals surface area contributed by atoms with Crippen LogP contribution in [-0.2, 0) is 0 Å². The second-order valence-corrected chi connectivity index (χ2v) is 9.71. The van der Waals surface area contributed by atoms with E-state index < -0.39 is 0 Å². The highest BCUT2D eigenvalue weighted by Gasteiger charge is 2.19. The Morgan fingerprint density at radius 2 is 2.00 bits per heavy atom. The van der Waals surface area contributed by atoms with Gasteiger partial charge >= 0.3 is 6.03 Å². The van der Waals surface area contributed by atoms with E-state index in [4.69, 9.17) is 4.74 Å². The summed E-state index contributed by atoms with van der Waals surface area (Å²) in [6.07, 6.45) is 6.93. The van der Waals surface area contributed by atoms with Gasteiger partial charge in [-0.1, -0.05) is 6.07 Å². The molecule has 3 aromatic rings. The molecule has 0 unspecified atom stereocenters. The summed E-state index contributed by atoms with van der Waals surface area (Å²) in [5.41, 5.74) is 3.72. The number of piperidine rings is 1. The van der Waals surface area contributed by atoms with Crippen molar-refractivity contribution in [1.82, 2.24) is 30.3 Å². The minimum atomic E-state index is -0.361. The number of H-pyrrole nitrogens is 1. The van der Waals surface area contributed by atoms with Gasteiger partial charge in [0.05, 0.1) is 23.1 Å². The summed E-state index contributed by atoms with van der Waals surface area (Å²) in [5.74, 6) is 0.182. The van der Waals surface area contributed by atoms with Crippen molar-refractivity contribution in [3.05, 3.63) is 65.8 Å². The lowest BCUT2D eigenvalue weighted by atomic mass is 10.0. The third-order valence-corrected chi connectivity index (χ3v) is 6.44. The van der Waals surface area contributed by atoms with E-state index >= 15 is 0 Å². The first-order valence-corrected chi connectivity index (χ1v) is 12.7. The maximum Gasteiger partial charge on any atom is 0.321 e. The van der Waals surface area contributed by atoms with Crippen LogP contribution in [0.2, 0.25) is 0 Å². The zero-order chi connectivity index (χ0) is 27.9. The van der Waals surface area contributed by atoms with Crippen molar-refractivity contribution in [2.45, 2.75) is 25.9 Å². The van der Waals surface area contributed by atoms with Crippen LogP contribution >= 0.6 is 0 Å². The predicted octanol–water partition coefficient (Wildman–Crippen LogP) is 3.90. The highest BCUT2D eigenvalue weighted by molar-refractivity contribution is 6.11. The summed E-state index contributed by atoms with van der Waals surface area (Å²) in [7, 11) is 5.41. The number of rotatable bonds is 8. The number of hydrogen-bond acceptors (Lipinski definition) is 7. The zero-order valence-electron chi connectivity index (χ0n) is 22.7. The van der Waals surface area contributed by atoms with E-state index in [0.29, 0.717) is 22.7 Å². The number of aromatic amines is 1. The number of carbonyl (C=O) groups excluding carboxylic acids is 2. The Morgan fingerprint density at radius 1 is 1.23 bits per heavy atom. The molecule has 0 saturated carbocycles. The van der Waals surface area contributed by atoms with E-state index in [2.05, 4.69) is 49.5 Å². The van der Waals surface area contributed by atoms with Gasteiger partial charge in [0, 0.05) is 44.8 Å². The van der Waals surface area contributed by atoms with E-state index in [1.807, 2.05) is 25.1 Å². The fraction of sp³-hybridized carbons (Fsp3) is 0.321. The standard InChI is InChI=1S/C28H34N8O3/c1-18(14-21(16-29-2)32-28(38)35(3)4)19-6-8-24-23(15-19)26(34-33-24)27(37)31-20-7-9-25(30-17-20)39-22-10-12-36(5)13-11-22/h6-9,14-17,22H,2,10-13H2,1,3-5H3,(H,31,37)(H,32,38)(H,33,34)/b18-14+,21-16+. The molecule has 1 fully saturated rings. The molecule has 1 saturated heterocycles. The van der Waals surface area contributed by atoms with Crippen molar-refractivity contribution in [3.63, 3.8) is 0 Å². The van der Waals surface area contributed by atoms with Crippen molar-refractivity contribution in [1.29, 1.82) is 0 Å². The van der Waals surface area contributed by atoms with Gasteiger partial charge < -0.3 is 25.2 Å². The van der Waals surface area contributed by atoms with Crippen LogP contribution in [-0.4, -0.2) is 84.0 Å². The summed E-state index contributed by atoms with van der Waals surface area (Å²) in [6.45, 7) is 7.39. The SMILES string of the molecule is C=N/C=C(\C=C(/C)c1ccc2[nH]nc(C(=O)Nc3ccc(OC4CCN(C)CC4)nc3)c2c1)NC(=O)N(C)C. The summed E-state index contributed by atoms with van der Waals surface area (Å²) in [5, 5.41) is 13.5. The average molecular weight is 531 g/mol. The van der Waals surface area contributed by atoms with Gasteiger partial charge in [-0.25, -0.2) is 9.78 Å². The molecule has 0 atom stereocenters. The minimum absolute atomic E-state index is 0.153. The number of amides is 3. The van der Waals surface area contributed by atoms with Crippen LogP contribution in [0, 0.1) is 0 Å². The molecule has 3 N–H and O–H groups in total. The molecule has 0 radical (unpaired) electrons. The third kappa shape index (κ3) is 7.08. The molecule has 3 amide bonds. The number of allylic oxidation sites excluding steroid dienone is 2. The first-order chi connectivity index (χ1) is 18.7. The molecule has 1 aromatic carbocycles. The van der Waals surface area contributed by atoms with E-state index in [1.165, 1.54) is 11.1 Å². The molecule has 3 heterocycles. The van der Waals surface area contributed by atoms with Gasteiger partial charge in [0.2, 0.25) is 5.88 Å². The number of aromatic nitrogens is 3. The summed E-state index contributed by atoms with van der Waals surface area (Å²) in [6, 6.07) is 8.90. The van der Waals surface area contributed by atoms with Crippen molar-refractivity contribution in [2.75, 3.05) is 39.5 Å². The van der Waals surface area contributed by atoms with E-state index in [-0.39, 0.29) is 23.7 Å². The summed E-state index contributed by atoms with van der Waals surface area (Å²) >= 11 is 0.